The van der Waals surface area contributed by atoms with Crippen molar-refractivity contribution < 1.29 is 14.6 Å². The molecule has 1 aliphatic heterocycles. The number of aromatic carboxylic acids is 1. The lowest BCUT2D eigenvalue weighted by Gasteiger charge is -2.35. The molecule has 0 aromatic heterocycles. The Hall–Kier alpha value is -1.55. The maximum atomic E-state index is 11.4. The molecule has 110 valence electrons. The molecule has 20 heavy (non-hydrogen) atoms. The van der Waals surface area contributed by atoms with Gasteiger partial charge in [0.25, 0.3) is 0 Å². The first kappa shape index (κ1) is 14.9. The number of nitrogens with zero attached hydrogens (tertiary/aromatic N) is 1. The van der Waals surface area contributed by atoms with Crippen molar-refractivity contribution in [1.82, 2.24) is 0 Å². The van der Waals surface area contributed by atoms with E-state index >= 15 is 0 Å². The minimum atomic E-state index is -0.861. The summed E-state index contributed by atoms with van der Waals surface area (Å²) in [4.78, 5) is 13.6. The van der Waals surface area contributed by atoms with Crippen LogP contribution in [0.15, 0.2) is 18.2 Å². The minimum Gasteiger partial charge on any atom is -0.478 e. The molecule has 4 nitrogen and oxygen atoms in total. The summed E-state index contributed by atoms with van der Waals surface area (Å²) in [6, 6.07) is 5.46. The second-order valence-corrected chi connectivity index (χ2v) is 5.36. The molecule has 1 N–H and O–H groups in total. The zero-order valence-electron chi connectivity index (χ0n) is 12.3. The van der Waals surface area contributed by atoms with Crippen molar-refractivity contribution in [3.63, 3.8) is 0 Å². The Morgan fingerprint density at radius 1 is 1.50 bits per heavy atom. The fourth-order valence-electron chi connectivity index (χ4n) is 2.81. The number of aryl methyl sites for hydroxylation is 1. The number of rotatable bonds is 5. The van der Waals surface area contributed by atoms with Gasteiger partial charge in [-0.2, -0.15) is 0 Å². The quantitative estimate of drug-likeness (QED) is 0.898. The largest absolute Gasteiger partial charge is 0.478 e. The Morgan fingerprint density at radius 2 is 2.30 bits per heavy atom. The van der Waals surface area contributed by atoms with Crippen molar-refractivity contribution in [1.29, 1.82) is 0 Å². The van der Waals surface area contributed by atoms with Crippen molar-refractivity contribution in [2.75, 3.05) is 24.6 Å². The van der Waals surface area contributed by atoms with Crippen LogP contribution in [0.5, 0.6) is 0 Å². The minimum absolute atomic E-state index is 0.213. The van der Waals surface area contributed by atoms with Gasteiger partial charge in [0.2, 0.25) is 0 Å². The molecule has 2 rings (SSSR count). The van der Waals surface area contributed by atoms with Crippen molar-refractivity contribution in [3.8, 4) is 0 Å². The van der Waals surface area contributed by atoms with Gasteiger partial charge in [-0.1, -0.05) is 19.1 Å². The van der Waals surface area contributed by atoms with Crippen LogP contribution in [0.2, 0.25) is 0 Å². The molecule has 1 aromatic carbocycles. The van der Waals surface area contributed by atoms with Gasteiger partial charge in [-0.15, -0.1) is 0 Å². The van der Waals surface area contributed by atoms with Crippen LogP contribution in [0.3, 0.4) is 0 Å². The lowest BCUT2D eigenvalue weighted by atomic mass is 10.0. The molecule has 0 saturated carbocycles. The lowest BCUT2D eigenvalue weighted by molar-refractivity contribution is 0.0439. The number of ether oxygens (including phenoxy) is 1. The van der Waals surface area contributed by atoms with E-state index in [0.717, 1.165) is 50.2 Å². The van der Waals surface area contributed by atoms with E-state index in [-0.39, 0.29) is 6.10 Å². The standard InChI is InChI=1S/C16H23NO3/c1-3-10-20-13-7-5-9-17(11-13)15-12(2)6-4-8-14(15)16(18)19/h4,6,8,13H,3,5,7,9-11H2,1-2H3,(H,18,19). The summed E-state index contributed by atoms with van der Waals surface area (Å²) < 4.78 is 5.83. The molecule has 1 fully saturated rings. The first-order valence-electron chi connectivity index (χ1n) is 7.33. The van der Waals surface area contributed by atoms with Crippen molar-refractivity contribution in [2.24, 2.45) is 0 Å². The Morgan fingerprint density at radius 3 is 3.00 bits per heavy atom. The average Bonchev–Trinajstić information content (AvgIpc) is 2.45. The van der Waals surface area contributed by atoms with Crippen LogP contribution >= 0.6 is 0 Å². The Labute approximate surface area is 120 Å². The van der Waals surface area contributed by atoms with E-state index in [2.05, 4.69) is 11.8 Å². The molecule has 0 spiro atoms. The fourth-order valence-corrected chi connectivity index (χ4v) is 2.81. The van der Waals surface area contributed by atoms with E-state index < -0.39 is 5.97 Å². The molecule has 4 heteroatoms. The van der Waals surface area contributed by atoms with E-state index in [0.29, 0.717) is 5.56 Å². The van der Waals surface area contributed by atoms with E-state index in [9.17, 15) is 9.90 Å². The van der Waals surface area contributed by atoms with Crippen LogP contribution < -0.4 is 4.90 Å². The third kappa shape index (κ3) is 3.31. The first-order valence-corrected chi connectivity index (χ1v) is 7.33. The van der Waals surface area contributed by atoms with Crippen LogP contribution in [0.4, 0.5) is 5.69 Å². The van der Waals surface area contributed by atoms with Gasteiger partial charge in [0.1, 0.15) is 0 Å². The maximum absolute atomic E-state index is 11.4. The number of carboxylic acids is 1. The normalized spacial score (nSPS) is 19.1. The zero-order chi connectivity index (χ0) is 14.5. The van der Waals surface area contributed by atoms with Gasteiger partial charge in [-0.25, -0.2) is 4.79 Å². The van der Waals surface area contributed by atoms with Crippen molar-refractivity contribution >= 4 is 11.7 Å². The molecule has 0 radical (unpaired) electrons. The van der Waals surface area contributed by atoms with Crippen LogP contribution in [-0.2, 0) is 4.74 Å². The molecule has 0 bridgehead atoms. The number of hydrogen-bond donors (Lipinski definition) is 1. The van der Waals surface area contributed by atoms with Crippen LogP contribution in [-0.4, -0.2) is 36.9 Å². The summed E-state index contributed by atoms with van der Waals surface area (Å²) >= 11 is 0. The van der Waals surface area contributed by atoms with E-state index in [4.69, 9.17) is 4.74 Å². The van der Waals surface area contributed by atoms with Gasteiger partial charge in [0.05, 0.1) is 17.4 Å². The second-order valence-electron chi connectivity index (χ2n) is 5.36. The fraction of sp³-hybridized carbons (Fsp3) is 0.562. The van der Waals surface area contributed by atoms with Gasteiger partial charge in [0.15, 0.2) is 0 Å². The third-order valence-corrected chi connectivity index (χ3v) is 3.72. The van der Waals surface area contributed by atoms with Gasteiger partial charge in [0, 0.05) is 19.7 Å². The number of piperidine rings is 1. The molecule has 1 saturated heterocycles. The number of hydrogen-bond acceptors (Lipinski definition) is 3. The Kier molecular flexibility index (Phi) is 5.01. The highest BCUT2D eigenvalue weighted by Crippen LogP contribution is 2.28. The maximum Gasteiger partial charge on any atom is 0.337 e. The number of anilines is 1. The molecule has 1 atom stereocenters. The van der Waals surface area contributed by atoms with Crippen LogP contribution in [0.25, 0.3) is 0 Å². The second kappa shape index (κ2) is 6.75. The highest BCUT2D eigenvalue weighted by Gasteiger charge is 2.24. The summed E-state index contributed by atoms with van der Waals surface area (Å²) in [6.07, 6.45) is 3.33. The van der Waals surface area contributed by atoms with Gasteiger partial charge >= 0.3 is 5.97 Å². The van der Waals surface area contributed by atoms with Crippen LogP contribution in [0.1, 0.15) is 42.1 Å². The third-order valence-electron chi connectivity index (χ3n) is 3.72. The SMILES string of the molecule is CCCOC1CCCN(c2c(C)cccc2C(=O)O)C1. The summed E-state index contributed by atoms with van der Waals surface area (Å²) in [6.45, 7) is 6.53. The number of carbonyl (C=O) groups is 1. The van der Waals surface area contributed by atoms with Gasteiger partial charge in [-0.05, 0) is 37.8 Å². The van der Waals surface area contributed by atoms with Gasteiger partial charge in [-0.3, -0.25) is 0 Å². The molecule has 1 unspecified atom stereocenters. The summed E-state index contributed by atoms with van der Waals surface area (Å²) in [7, 11) is 0. The van der Waals surface area contributed by atoms with Crippen molar-refractivity contribution in [2.45, 2.75) is 39.2 Å². The highest BCUT2D eigenvalue weighted by atomic mass is 16.5. The first-order chi connectivity index (χ1) is 9.63. The predicted octanol–water partition coefficient (Wildman–Crippen LogP) is 3.09. The van der Waals surface area contributed by atoms with E-state index in [1.807, 2.05) is 13.0 Å². The van der Waals surface area contributed by atoms with Crippen molar-refractivity contribution in [3.05, 3.63) is 29.3 Å². The lowest BCUT2D eigenvalue weighted by Crippen LogP contribution is -2.40. The predicted molar refractivity (Wildman–Crippen MR) is 79.6 cm³/mol. The topological polar surface area (TPSA) is 49.8 Å². The number of carboxylic acid groups (broad SMARTS) is 1. The van der Waals surface area contributed by atoms with E-state index in [1.54, 1.807) is 12.1 Å². The molecule has 1 aliphatic rings. The summed E-state index contributed by atoms with van der Waals surface area (Å²) in [5, 5.41) is 9.37. The average molecular weight is 277 g/mol. The molecule has 1 aromatic rings. The van der Waals surface area contributed by atoms with Crippen LogP contribution in [0, 0.1) is 6.92 Å². The highest BCUT2D eigenvalue weighted by molar-refractivity contribution is 5.95. The molecule has 0 amide bonds. The number of benzene rings is 1. The monoisotopic (exact) mass is 277 g/mol. The molecule has 0 aliphatic carbocycles. The van der Waals surface area contributed by atoms with E-state index in [1.165, 1.54) is 0 Å². The molecular weight excluding hydrogens is 254 g/mol. The summed E-state index contributed by atoms with van der Waals surface area (Å²) in [5.41, 5.74) is 2.26. The van der Waals surface area contributed by atoms with Gasteiger partial charge < -0.3 is 14.7 Å². The molecule has 1 heterocycles. The number of para-hydroxylation sites is 1. The smallest absolute Gasteiger partial charge is 0.337 e. The summed E-state index contributed by atoms with van der Waals surface area (Å²) in [5.74, 6) is -0.861. The Bertz CT molecular complexity index is 473. The molecular formula is C16H23NO3. The zero-order valence-corrected chi connectivity index (χ0v) is 12.3. The Balaban J connectivity index is 2.20.